The molecule has 15 heavy (non-hydrogen) atoms. The topological polar surface area (TPSA) is 43.7 Å². The zero-order valence-corrected chi connectivity index (χ0v) is 9.57. The third-order valence-corrected chi connectivity index (χ3v) is 2.46. The van der Waals surface area contributed by atoms with Crippen molar-refractivity contribution in [3.05, 3.63) is 23.8 Å². The Morgan fingerprint density at radius 2 is 2.07 bits per heavy atom. The SMILES string of the molecule is CCCN(C)c1ccc(C(C)O)c(O)c1. The van der Waals surface area contributed by atoms with Crippen LogP contribution in [-0.4, -0.2) is 23.8 Å². The molecule has 1 atom stereocenters. The van der Waals surface area contributed by atoms with Crippen molar-refractivity contribution < 1.29 is 10.2 Å². The molecule has 1 unspecified atom stereocenters. The molecule has 0 aliphatic heterocycles. The molecule has 0 radical (unpaired) electrons. The third kappa shape index (κ3) is 2.86. The maximum absolute atomic E-state index is 9.69. The van der Waals surface area contributed by atoms with E-state index in [1.54, 1.807) is 19.1 Å². The smallest absolute Gasteiger partial charge is 0.123 e. The van der Waals surface area contributed by atoms with Crippen LogP contribution in [0.5, 0.6) is 5.75 Å². The summed E-state index contributed by atoms with van der Waals surface area (Å²) in [6, 6.07) is 5.37. The molecule has 1 aromatic carbocycles. The van der Waals surface area contributed by atoms with E-state index < -0.39 is 6.10 Å². The molecule has 3 nitrogen and oxygen atoms in total. The highest BCUT2D eigenvalue weighted by atomic mass is 16.3. The van der Waals surface area contributed by atoms with E-state index in [0.29, 0.717) is 5.56 Å². The lowest BCUT2D eigenvalue weighted by Gasteiger charge is -2.19. The van der Waals surface area contributed by atoms with Gasteiger partial charge in [-0.3, -0.25) is 0 Å². The Labute approximate surface area is 91.0 Å². The van der Waals surface area contributed by atoms with Crippen LogP contribution in [0.15, 0.2) is 18.2 Å². The molecule has 0 heterocycles. The molecule has 0 amide bonds. The van der Waals surface area contributed by atoms with E-state index in [-0.39, 0.29) is 5.75 Å². The van der Waals surface area contributed by atoms with E-state index in [9.17, 15) is 10.2 Å². The maximum atomic E-state index is 9.69. The summed E-state index contributed by atoms with van der Waals surface area (Å²) < 4.78 is 0. The molecule has 84 valence electrons. The van der Waals surface area contributed by atoms with Gasteiger partial charge >= 0.3 is 0 Å². The van der Waals surface area contributed by atoms with Crippen LogP contribution in [0.25, 0.3) is 0 Å². The van der Waals surface area contributed by atoms with Crippen molar-refractivity contribution >= 4 is 5.69 Å². The van der Waals surface area contributed by atoms with E-state index >= 15 is 0 Å². The van der Waals surface area contributed by atoms with Gasteiger partial charge < -0.3 is 15.1 Å². The highest BCUT2D eigenvalue weighted by molar-refractivity contribution is 5.53. The van der Waals surface area contributed by atoms with E-state index in [1.165, 1.54) is 0 Å². The van der Waals surface area contributed by atoms with Crippen LogP contribution < -0.4 is 4.90 Å². The number of rotatable bonds is 4. The van der Waals surface area contributed by atoms with Gasteiger partial charge in [-0.25, -0.2) is 0 Å². The lowest BCUT2D eigenvalue weighted by atomic mass is 10.1. The third-order valence-electron chi connectivity index (χ3n) is 2.46. The van der Waals surface area contributed by atoms with Crippen LogP contribution in [0.1, 0.15) is 31.9 Å². The molecular formula is C12H19NO2. The second kappa shape index (κ2) is 5.03. The first-order valence-corrected chi connectivity index (χ1v) is 5.28. The summed E-state index contributed by atoms with van der Waals surface area (Å²) in [6.07, 6.45) is 0.436. The summed E-state index contributed by atoms with van der Waals surface area (Å²) in [7, 11) is 1.99. The molecule has 0 saturated heterocycles. The van der Waals surface area contributed by atoms with Gasteiger partial charge in [0.05, 0.1) is 6.10 Å². The van der Waals surface area contributed by atoms with Gasteiger partial charge in [0.15, 0.2) is 0 Å². The zero-order valence-electron chi connectivity index (χ0n) is 9.57. The summed E-state index contributed by atoms with van der Waals surface area (Å²) in [5.74, 6) is 0.158. The first kappa shape index (κ1) is 11.9. The molecular weight excluding hydrogens is 190 g/mol. The molecule has 0 spiro atoms. The lowest BCUT2D eigenvalue weighted by Crippen LogP contribution is -2.17. The lowest BCUT2D eigenvalue weighted by molar-refractivity contribution is 0.195. The van der Waals surface area contributed by atoms with Crippen LogP contribution in [-0.2, 0) is 0 Å². The number of aromatic hydroxyl groups is 1. The number of hydrogen-bond acceptors (Lipinski definition) is 3. The minimum Gasteiger partial charge on any atom is -0.507 e. The summed E-state index contributed by atoms with van der Waals surface area (Å²) >= 11 is 0. The van der Waals surface area contributed by atoms with E-state index in [2.05, 4.69) is 11.8 Å². The molecule has 0 aromatic heterocycles. The largest absolute Gasteiger partial charge is 0.507 e. The van der Waals surface area contributed by atoms with Crippen molar-refractivity contribution in [2.24, 2.45) is 0 Å². The van der Waals surface area contributed by atoms with Crippen LogP contribution in [0.2, 0.25) is 0 Å². The minimum atomic E-state index is -0.629. The molecule has 0 aliphatic rings. The molecule has 1 rings (SSSR count). The summed E-state index contributed by atoms with van der Waals surface area (Å²) in [5, 5.41) is 19.1. The number of aliphatic hydroxyl groups is 1. The van der Waals surface area contributed by atoms with Gasteiger partial charge in [0.2, 0.25) is 0 Å². The maximum Gasteiger partial charge on any atom is 0.123 e. The number of benzene rings is 1. The number of aliphatic hydroxyl groups excluding tert-OH is 1. The second-order valence-corrected chi connectivity index (χ2v) is 3.84. The first-order chi connectivity index (χ1) is 7.06. The van der Waals surface area contributed by atoms with Crippen molar-refractivity contribution in [3.8, 4) is 5.75 Å². The number of phenols is 1. The molecule has 2 N–H and O–H groups in total. The Hall–Kier alpha value is -1.22. The van der Waals surface area contributed by atoms with E-state index in [4.69, 9.17) is 0 Å². The molecule has 3 heteroatoms. The zero-order chi connectivity index (χ0) is 11.4. The summed E-state index contributed by atoms with van der Waals surface area (Å²) in [4.78, 5) is 2.07. The average molecular weight is 209 g/mol. The number of nitrogens with zero attached hydrogens (tertiary/aromatic N) is 1. The molecule has 0 saturated carbocycles. The molecule has 1 aromatic rings. The Balaban J connectivity index is 2.91. The predicted octanol–water partition coefficient (Wildman–Crippen LogP) is 2.29. The Kier molecular flexibility index (Phi) is 3.97. The highest BCUT2D eigenvalue weighted by Crippen LogP contribution is 2.28. The number of anilines is 1. The first-order valence-electron chi connectivity index (χ1n) is 5.28. The standard InChI is InChI=1S/C12H19NO2/c1-4-7-13(3)10-5-6-11(9(2)14)12(15)8-10/h5-6,8-9,14-15H,4,7H2,1-3H3. The van der Waals surface area contributed by atoms with Gasteiger partial charge in [-0.05, 0) is 19.4 Å². The summed E-state index contributed by atoms with van der Waals surface area (Å²) in [6.45, 7) is 4.71. The Morgan fingerprint density at radius 1 is 1.40 bits per heavy atom. The molecule has 0 fully saturated rings. The monoisotopic (exact) mass is 209 g/mol. The normalized spacial score (nSPS) is 12.5. The quantitative estimate of drug-likeness (QED) is 0.799. The van der Waals surface area contributed by atoms with Crippen LogP contribution in [0.4, 0.5) is 5.69 Å². The van der Waals surface area contributed by atoms with Crippen molar-refractivity contribution in [1.82, 2.24) is 0 Å². The average Bonchev–Trinajstić information content (AvgIpc) is 2.17. The van der Waals surface area contributed by atoms with Crippen molar-refractivity contribution in [2.45, 2.75) is 26.4 Å². The Morgan fingerprint density at radius 3 is 2.53 bits per heavy atom. The highest BCUT2D eigenvalue weighted by Gasteiger charge is 2.09. The van der Waals surface area contributed by atoms with Gasteiger partial charge in [-0.15, -0.1) is 0 Å². The minimum absolute atomic E-state index is 0.158. The predicted molar refractivity (Wildman–Crippen MR) is 62.3 cm³/mol. The van der Waals surface area contributed by atoms with Gasteiger partial charge in [0.25, 0.3) is 0 Å². The van der Waals surface area contributed by atoms with Crippen LogP contribution in [0, 0.1) is 0 Å². The van der Waals surface area contributed by atoms with Crippen molar-refractivity contribution in [3.63, 3.8) is 0 Å². The fourth-order valence-corrected chi connectivity index (χ4v) is 1.59. The van der Waals surface area contributed by atoms with Crippen LogP contribution in [0.3, 0.4) is 0 Å². The van der Waals surface area contributed by atoms with E-state index in [1.807, 2.05) is 13.1 Å². The van der Waals surface area contributed by atoms with Crippen LogP contribution >= 0.6 is 0 Å². The van der Waals surface area contributed by atoms with Gasteiger partial charge in [0, 0.05) is 30.9 Å². The summed E-state index contributed by atoms with van der Waals surface area (Å²) in [5.41, 5.74) is 1.54. The fourth-order valence-electron chi connectivity index (χ4n) is 1.59. The van der Waals surface area contributed by atoms with Gasteiger partial charge in [-0.2, -0.15) is 0 Å². The Bertz CT molecular complexity index is 323. The van der Waals surface area contributed by atoms with Crippen molar-refractivity contribution in [2.75, 3.05) is 18.5 Å². The molecule has 0 bridgehead atoms. The van der Waals surface area contributed by atoms with Gasteiger partial charge in [0.1, 0.15) is 5.75 Å². The van der Waals surface area contributed by atoms with Crippen molar-refractivity contribution in [1.29, 1.82) is 0 Å². The number of phenolic OH excluding ortho intramolecular Hbond substituents is 1. The van der Waals surface area contributed by atoms with Gasteiger partial charge in [-0.1, -0.05) is 13.0 Å². The second-order valence-electron chi connectivity index (χ2n) is 3.84. The fraction of sp³-hybridized carbons (Fsp3) is 0.500. The van der Waals surface area contributed by atoms with E-state index in [0.717, 1.165) is 18.7 Å². The number of hydrogen-bond donors (Lipinski definition) is 2. The molecule has 0 aliphatic carbocycles.